The van der Waals surface area contributed by atoms with Gasteiger partial charge in [0.25, 0.3) is 5.91 Å². The van der Waals surface area contributed by atoms with Crippen LogP contribution in [0.1, 0.15) is 5.56 Å². The molecule has 2 aromatic rings. The van der Waals surface area contributed by atoms with Gasteiger partial charge >= 0.3 is 6.61 Å². The van der Waals surface area contributed by atoms with Gasteiger partial charge in [0.05, 0.1) is 10.6 Å². The molecule has 7 heteroatoms. The Kier molecular flexibility index (Phi) is 4.90. The van der Waals surface area contributed by atoms with Gasteiger partial charge in [-0.15, -0.1) is 0 Å². The number of amidine groups is 1. The smallest absolute Gasteiger partial charge is 0.387 e. The number of aliphatic imine (C=N–C) groups is 1. The summed E-state index contributed by atoms with van der Waals surface area (Å²) in [6.45, 7) is -2.86. The molecule has 1 aliphatic rings. The predicted molar refractivity (Wildman–Crippen MR) is 90.3 cm³/mol. The summed E-state index contributed by atoms with van der Waals surface area (Å²) in [5.41, 5.74) is 1.45. The molecule has 1 heterocycles. The molecule has 0 radical (unpaired) electrons. The van der Waals surface area contributed by atoms with E-state index < -0.39 is 6.61 Å². The Morgan fingerprint density at radius 2 is 1.79 bits per heavy atom. The van der Waals surface area contributed by atoms with Gasteiger partial charge in [-0.25, -0.2) is 4.99 Å². The zero-order chi connectivity index (χ0) is 16.9. The molecule has 1 fully saturated rings. The second-order valence-electron chi connectivity index (χ2n) is 4.76. The zero-order valence-electron chi connectivity index (χ0n) is 12.3. The average Bonchev–Trinajstić information content (AvgIpc) is 2.89. The highest BCUT2D eigenvalue weighted by molar-refractivity contribution is 8.18. The second-order valence-corrected chi connectivity index (χ2v) is 5.80. The van der Waals surface area contributed by atoms with Crippen molar-refractivity contribution in [3.8, 4) is 5.75 Å². The third-order valence-electron chi connectivity index (χ3n) is 3.04. The topological polar surface area (TPSA) is 50.7 Å². The highest BCUT2D eigenvalue weighted by Gasteiger charge is 2.23. The molecule has 24 heavy (non-hydrogen) atoms. The first-order valence-electron chi connectivity index (χ1n) is 7.00. The number of carbonyl (C=O) groups excluding carboxylic acids is 1. The number of amides is 1. The average molecular weight is 346 g/mol. The van der Waals surface area contributed by atoms with Gasteiger partial charge in [-0.2, -0.15) is 8.78 Å². The van der Waals surface area contributed by atoms with Gasteiger partial charge < -0.3 is 10.1 Å². The molecular formula is C17H12F2N2O2S. The first-order chi connectivity index (χ1) is 11.6. The van der Waals surface area contributed by atoms with Crippen LogP contribution in [0, 0.1) is 0 Å². The Bertz CT molecular complexity index is 790. The van der Waals surface area contributed by atoms with Crippen molar-refractivity contribution in [3.05, 3.63) is 65.1 Å². The number of rotatable bonds is 4. The number of para-hydroxylation sites is 1. The molecule has 0 aromatic heterocycles. The quantitative estimate of drug-likeness (QED) is 0.845. The van der Waals surface area contributed by atoms with Crippen molar-refractivity contribution in [1.29, 1.82) is 0 Å². The number of nitrogens with zero attached hydrogens (tertiary/aromatic N) is 1. The molecule has 3 rings (SSSR count). The van der Waals surface area contributed by atoms with E-state index in [0.29, 0.717) is 15.6 Å². The summed E-state index contributed by atoms with van der Waals surface area (Å²) in [6, 6.07) is 15.3. The van der Waals surface area contributed by atoms with Gasteiger partial charge in [-0.05, 0) is 47.7 Å². The fourth-order valence-corrected chi connectivity index (χ4v) is 2.84. The molecule has 1 N–H and O–H groups in total. The monoisotopic (exact) mass is 346 g/mol. The second kappa shape index (κ2) is 7.27. The molecule has 0 unspecified atom stereocenters. The van der Waals surface area contributed by atoms with E-state index in [-0.39, 0.29) is 11.7 Å². The Hall–Kier alpha value is -2.67. The van der Waals surface area contributed by atoms with E-state index in [0.717, 1.165) is 5.69 Å². The van der Waals surface area contributed by atoms with E-state index in [1.54, 1.807) is 18.2 Å². The van der Waals surface area contributed by atoms with Crippen molar-refractivity contribution in [1.82, 2.24) is 5.32 Å². The van der Waals surface area contributed by atoms with Crippen LogP contribution in [-0.4, -0.2) is 17.7 Å². The summed E-state index contributed by atoms with van der Waals surface area (Å²) in [6.07, 6.45) is 1.67. The number of alkyl halides is 2. The Morgan fingerprint density at radius 3 is 2.46 bits per heavy atom. The Morgan fingerprint density at radius 1 is 1.08 bits per heavy atom. The third kappa shape index (κ3) is 4.20. The van der Waals surface area contributed by atoms with Crippen LogP contribution in [0.2, 0.25) is 0 Å². The molecule has 2 aromatic carbocycles. The number of hydrogen-bond acceptors (Lipinski definition) is 4. The molecule has 0 atom stereocenters. The normalized spacial score (nSPS) is 17.5. The van der Waals surface area contributed by atoms with Gasteiger partial charge in [0.15, 0.2) is 5.17 Å². The minimum Gasteiger partial charge on any atom is -0.435 e. The van der Waals surface area contributed by atoms with Crippen molar-refractivity contribution >= 4 is 34.6 Å². The van der Waals surface area contributed by atoms with E-state index in [1.165, 1.54) is 23.9 Å². The number of carbonyl (C=O) groups is 1. The molecule has 0 aliphatic carbocycles. The Labute approximate surface area is 141 Å². The molecule has 0 bridgehead atoms. The van der Waals surface area contributed by atoms with E-state index >= 15 is 0 Å². The highest BCUT2D eigenvalue weighted by Crippen LogP contribution is 2.28. The number of halogens is 2. The lowest BCUT2D eigenvalue weighted by atomic mass is 10.2. The summed E-state index contributed by atoms with van der Waals surface area (Å²) in [5, 5.41) is 3.19. The van der Waals surface area contributed by atoms with Crippen molar-refractivity contribution in [2.75, 3.05) is 0 Å². The van der Waals surface area contributed by atoms with E-state index in [1.807, 2.05) is 30.3 Å². The fourth-order valence-electron chi connectivity index (χ4n) is 2.00. The van der Waals surface area contributed by atoms with Gasteiger partial charge in [0, 0.05) is 0 Å². The van der Waals surface area contributed by atoms with Crippen molar-refractivity contribution < 1.29 is 18.3 Å². The van der Waals surface area contributed by atoms with Crippen LogP contribution in [0.3, 0.4) is 0 Å². The Balaban J connectivity index is 1.74. The van der Waals surface area contributed by atoms with Gasteiger partial charge in [-0.1, -0.05) is 30.3 Å². The maximum atomic E-state index is 12.1. The number of nitrogens with one attached hydrogen (secondary N) is 1. The predicted octanol–water partition coefficient (Wildman–Crippen LogP) is 4.18. The largest absolute Gasteiger partial charge is 0.435 e. The highest BCUT2D eigenvalue weighted by atomic mass is 32.2. The molecule has 0 spiro atoms. The van der Waals surface area contributed by atoms with Gasteiger partial charge in [-0.3, -0.25) is 4.79 Å². The third-order valence-corrected chi connectivity index (χ3v) is 3.95. The minimum absolute atomic E-state index is 0.0713. The molecule has 1 aliphatic heterocycles. The standard InChI is InChI=1S/C17H12F2N2O2S/c18-16(19)23-13-8-6-11(7-9-13)10-14-15(22)21-17(24-14)20-12-4-2-1-3-5-12/h1-10,16H,(H,20,21,22)/b14-10-. The van der Waals surface area contributed by atoms with Crippen LogP contribution in [0.15, 0.2) is 64.5 Å². The molecular weight excluding hydrogens is 334 g/mol. The van der Waals surface area contributed by atoms with E-state index in [9.17, 15) is 13.6 Å². The lowest BCUT2D eigenvalue weighted by molar-refractivity contribution is -0.115. The van der Waals surface area contributed by atoms with Crippen LogP contribution in [-0.2, 0) is 4.79 Å². The van der Waals surface area contributed by atoms with Gasteiger partial charge in [0.2, 0.25) is 0 Å². The lowest BCUT2D eigenvalue weighted by Crippen LogP contribution is -2.19. The van der Waals surface area contributed by atoms with Crippen LogP contribution in [0.4, 0.5) is 14.5 Å². The van der Waals surface area contributed by atoms with Gasteiger partial charge in [0.1, 0.15) is 5.75 Å². The summed E-state index contributed by atoms with van der Waals surface area (Å²) in [7, 11) is 0. The lowest BCUT2D eigenvalue weighted by Gasteiger charge is -2.03. The van der Waals surface area contributed by atoms with Crippen LogP contribution >= 0.6 is 11.8 Å². The molecule has 4 nitrogen and oxygen atoms in total. The minimum atomic E-state index is -2.86. The molecule has 122 valence electrons. The first kappa shape index (κ1) is 16.2. The molecule has 1 amide bonds. The summed E-state index contributed by atoms with van der Waals surface area (Å²) >= 11 is 1.22. The maximum Gasteiger partial charge on any atom is 0.387 e. The molecule has 1 saturated heterocycles. The molecule has 0 saturated carbocycles. The van der Waals surface area contributed by atoms with E-state index in [2.05, 4.69) is 15.0 Å². The summed E-state index contributed by atoms with van der Waals surface area (Å²) < 4.78 is 28.5. The van der Waals surface area contributed by atoms with Crippen LogP contribution in [0.5, 0.6) is 5.75 Å². The van der Waals surface area contributed by atoms with Crippen molar-refractivity contribution in [2.24, 2.45) is 4.99 Å². The van der Waals surface area contributed by atoms with Crippen LogP contribution < -0.4 is 10.1 Å². The number of ether oxygens (including phenoxy) is 1. The number of benzene rings is 2. The van der Waals surface area contributed by atoms with Crippen molar-refractivity contribution in [2.45, 2.75) is 6.61 Å². The number of hydrogen-bond donors (Lipinski definition) is 1. The zero-order valence-corrected chi connectivity index (χ0v) is 13.1. The summed E-state index contributed by atoms with van der Waals surface area (Å²) in [5.74, 6) is -0.176. The number of thioether (sulfide) groups is 1. The SMILES string of the molecule is O=C1NC(=Nc2ccccc2)S/C1=C\c1ccc(OC(F)F)cc1. The maximum absolute atomic E-state index is 12.1. The van der Waals surface area contributed by atoms with Crippen LogP contribution in [0.25, 0.3) is 6.08 Å². The first-order valence-corrected chi connectivity index (χ1v) is 7.81. The fraction of sp³-hybridized carbons (Fsp3) is 0.0588. The summed E-state index contributed by atoms with van der Waals surface area (Å²) in [4.78, 5) is 16.8. The van der Waals surface area contributed by atoms with Crippen molar-refractivity contribution in [3.63, 3.8) is 0 Å². The van der Waals surface area contributed by atoms with E-state index in [4.69, 9.17) is 0 Å².